The lowest BCUT2D eigenvalue weighted by atomic mass is 9.98. The van der Waals surface area contributed by atoms with Crippen molar-refractivity contribution >= 4 is 16.7 Å². The average Bonchev–Trinajstić information content (AvgIpc) is 2.65. The minimum absolute atomic E-state index is 0.489. The molecule has 0 bridgehead atoms. The first-order chi connectivity index (χ1) is 12.6. The number of ether oxygens (including phenoxy) is 1. The SMILES string of the molecule is CCCCCCCCCCOc1ccc2cc(C(C)C(=O)O)ccc2c1. The molecule has 0 radical (unpaired) electrons. The van der Waals surface area contributed by atoms with Gasteiger partial charge in [0.2, 0.25) is 0 Å². The van der Waals surface area contributed by atoms with Crippen molar-refractivity contribution in [3.05, 3.63) is 42.0 Å². The smallest absolute Gasteiger partial charge is 0.310 e. The largest absolute Gasteiger partial charge is 0.494 e. The lowest BCUT2D eigenvalue weighted by Gasteiger charge is -2.10. The van der Waals surface area contributed by atoms with Crippen LogP contribution in [0.4, 0.5) is 0 Å². The molecule has 2 rings (SSSR count). The number of hydrogen-bond acceptors (Lipinski definition) is 2. The maximum Gasteiger partial charge on any atom is 0.310 e. The lowest BCUT2D eigenvalue weighted by Crippen LogP contribution is -2.07. The molecule has 0 fully saturated rings. The molecule has 0 aliphatic carbocycles. The molecule has 2 aromatic carbocycles. The number of benzene rings is 2. The predicted molar refractivity (Wildman–Crippen MR) is 108 cm³/mol. The Hall–Kier alpha value is -2.03. The number of unbranched alkanes of at least 4 members (excludes halogenated alkanes) is 7. The second kappa shape index (κ2) is 10.8. The van der Waals surface area contributed by atoms with Gasteiger partial charge in [-0.05, 0) is 41.8 Å². The third-order valence-corrected chi connectivity index (χ3v) is 4.97. The van der Waals surface area contributed by atoms with Gasteiger partial charge in [-0.1, -0.05) is 76.1 Å². The van der Waals surface area contributed by atoms with E-state index in [0.29, 0.717) is 0 Å². The van der Waals surface area contributed by atoms with Crippen molar-refractivity contribution in [2.75, 3.05) is 6.61 Å². The highest BCUT2D eigenvalue weighted by atomic mass is 16.5. The summed E-state index contributed by atoms with van der Waals surface area (Å²) < 4.78 is 5.88. The van der Waals surface area contributed by atoms with Crippen LogP contribution in [0.1, 0.15) is 76.7 Å². The molecule has 3 nitrogen and oxygen atoms in total. The van der Waals surface area contributed by atoms with E-state index < -0.39 is 11.9 Å². The second-order valence-electron chi connectivity index (χ2n) is 7.15. The molecule has 3 heteroatoms. The maximum atomic E-state index is 11.1. The monoisotopic (exact) mass is 356 g/mol. The number of hydrogen-bond donors (Lipinski definition) is 1. The number of rotatable bonds is 12. The van der Waals surface area contributed by atoms with Crippen LogP contribution >= 0.6 is 0 Å². The van der Waals surface area contributed by atoms with Crippen molar-refractivity contribution in [3.63, 3.8) is 0 Å². The van der Waals surface area contributed by atoms with Crippen LogP contribution < -0.4 is 4.74 Å². The first-order valence-electron chi connectivity index (χ1n) is 10.0. The van der Waals surface area contributed by atoms with Crippen molar-refractivity contribution < 1.29 is 14.6 Å². The Balaban J connectivity index is 1.77. The normalized spacial score (nSPS) is 12.2. The van der Waals surface area contributed by atoms with Gasteiger partial charge < -0.3 is 9.84 Å². The van der Waals surface area contributed by atoms with Gasteiger partial charge in [0.05, 0.1) is 12.5 Å². The maximum absolute atomic E-state index is 11.1. The molecule has 0 saturated heterocycles. The van der Waals surface area contributed by atoms with E-state index in [4.69, 9.17) is 9.84 Å². The van der Waals surface area contributed by atoms with Gasteiger partial charge >= 0.3 is 5.97 Å². The van der Waals surface area contributed by atoms with Crippen molar-refractivity contribution in [2.45, 2.75) is 71.1 Å². The number of fused-ring (bicyclic) bond motifs is 1. The topological polar surface area (TPSA) is 46.5 Å². The molecule has 0 aliphatic heterocycles. The summed E-state index contributed by atoms with van der Waals surface area (Å²) in [6, 6.07) is 11.8. The highest BCUT2D eigenvalue weighted by Crippen LogP contribution is 2.25. The summed E-state index contributed by atoms with van der Waals surface area (Å²) in [5.74, 6) is -0.397. The number of aliphatic carboxylic acids is 1. The van der Waals surface area contributed by atoms with E-state index >= 15 is 0 Å². The highest BCUT2D eigenvalue weighted by Gasteiger charge is 2.13. The summed E-state index contributed by atoms with van der Waals surface area (Å²) in [6.07, 6.45) is 10.4. The third kappa shape index (κ3) is 6.36. The average molecular weight is 357 g/mol. The van der Waals surface area contributed by atoms with E-state index in [1.54, 1.807) is 6.92 Å². The van der Waals surface area contributed by atoms with E-state index in [2.05, 4.69) is 6.92 Å². The quantitative estimate of drug-likeness (QED) is 0.439. The molecular formula is C23H32O3. The first-order valence-corrected chi connectivity index (χ1v) is 10.0. The molecule has 26 heavy (non-hydrogen) atoms. The molecule has 0 aliphatic rings. The fraction of sp³-hybridized carbons (Fsp3) is 0.522. The van der Waals surface area contributed by atoms with Crippen molar-refractivity contribution in [1.82, 2.24) is 0 Å². The molecule has 1 N–H and O–H groups in total. The standard InChI is InChI=1S/C23H32O3/c1-3-4-5-6-7-8-9-10-15-26-22-14-13-20-16-19(18(2)23(24)25)11-12-21(20)17-22/h11-14,16-18H,3-10,15H2,1-2H3,(H,24,25). The van der Waals surface area contributed by atoms with E-state index in [1.807, 2.05) is 36.4 Å². The van der Waals surface area contributed by atoms with Crippen LogP contribution in [0.15, 0.2) is 36.4 Å². The van der Waals surface area contributed by atoms with Gasteiger partial charge in [-0.25, -0.2) is 0 Å². The summed E-state index contributed by atoms with van der Waals surface area (Å²) >= 11 is 0. The fourth-order valence-corrected chi connectivity index (χ4v) is 3.17. The lowest BCUT2D eigenvalue weighted by molar-refractivity contribution is -0.138. The van der Waals surface area contributed by atoms with Gasteiger partial charge in [0.15, 0.2) is 0 Å². The number of carboxylic acids is 1. The highest BCUT2D eigenvalue weighted by molar-refractivity contribution is 5.86. The van der Waals surface area contributed by atoms with E-state index in [0.717, 1.165) is 35.1 Å². The molecule has 1 unspecified atom stereocenters. The molecule has 1 atom stereocenters. The summed E-state index contributed by atoms with van der Waals surface area (Å²) in [7, 11) is 0. The van der Waals surface area contributed by atoms with Crippen LogP contribution in [-0.4, -0.2) is 17.7 Å². The van der Waals surface area contributed by atoms with Crippen molar-refractivity contribution in [1.29, 1.82) is 0 Å². The molecule has 0 amide bonds. The van der Waals surface area contributed by atoms with Gasteiger partial charge in [-0.2, -0.15) is 0 Å². The van der Waals surface area contributed by atoms with Crippen LogP contribution in [-0.2, 0) is 4.79 Å². The zero-order valence-electron chi connectivity index (χ0n) is 16.2. The molecule has 0 spiro atoms. The summed E-state index contributed by atoms with van der Waals surface area (Å²) in [6.45, 7) is 4.72. The zero-order chi connectivity index (χ0) is 18.8. The van der Waals surface area contributed by atoms with Gasteiger partial charge in [0.1, 0.15) is 5.75 Å². The van der Waals surface area contributed by atoms with E-state index in [9.17, 15) is 4.79 Å². The second-order valence-corrected chi connectivity index (χ2v) is 7.15. The molecule has 0 heterocycles. The Bertz CT molecular complexity index is 693. The van der Waals surface area contributed by atoms with Crippen LogP contribution in [0.25, 0.3) is 10.8 Å². The molecular weight excluding hydrogens is 324 g/mol. The Kier molecular flexibility index (Phi) is 8.46. The summed E-state index contributed by atoms with van der Waals surface area (Å²) in [5.41, 5.74) is 0.831. The van der Waals surface area contributed by atoms with Crippen molar-refractivity contribution in [2.24, 2.45) is 0 Å². The van der Waals surface area contributed by atoms with E-state index in [-0.39, 0.29) is 0 Å². The molecule has 2 aromatic rings. The Labute approximate surface area is 157 Å². The van der Waals surface area contributed by atoms with Crippen LogP contribution in [0, 0.1) is 0 Å². The summed E-state index contributed by atoms with van der Waals surface area (Å²) in [5, 5.41) is 11.3. The Morgan fingerprint density at radius 1 is 0.923 bits per heavy atom. The van der Waals surface area contributed by atoms with Crippen LogP contribution in [0.3, 0.4) is 0 Å². The minimum Gasteiger partial charge on any atom is -0.494 e. The molecule has 142 valence electrons. The predicted octanol–water partition coefficient (Wildman–Crippen LogP) is 6.55. The zero-order valence-corrected chi connectivity index (χ0v) is 16.2. The Morgan fingerprint density at radius 3 is 2.23 bits per heavy atom. The van der Waals surface area contributed by atoms with Gasteiger partial charge in [-0.15, -0.1) is 0 Å². The molecule has 0 aromatic heterocycles. The number of carbonyl (C=O) groups is 1. The van der Waals surface area contributed by atoms with Crippen LogP contribution in [0.5, 0.6) is 5.75 Å². The Morgan fingerprint density at radius 2 is 1.54 bits per heavy atom. The first kappa shape index (κ1) is 20.3. The van der Waals surface area contributed by atoms with Gasteiger partial charge in [0.25, 0.3) is 0 Å². The van der Waals surface area contributed by atoms with E-state index in [1.165, 1.54) is 44.9 Å². The number of carboxylic acid groups (broad SMARTS) is 1. The molecule has 0 saturated carbocycles. The summed E-state index contributed by atoms with van der Waals surface area (Å²) in [4.78, 5) is 11.1. The third-order valence-electron chi connectivity index (χ3n) is 4.97. The van der Waals surface area contributed by atoms with Crippen LogP contribution in [0.2, 0.25) is 0 Å². The van der Waals surface area contributed by atoms with Gasteiger partial charge in [0, 0.05) is 0 Å². The fourth-order valence-electron chi connectivity index (χ4n) is 3.17. The minimum atomic E-state index is -0.797. The van der Waals surface area contributed by atoms with Crippen molar-refractivity contribution in [3.8, 4) is 5.75 Å². The van der Waals surface area contributed by atoms with Gasteiger partial charge in [-0.3, -0.25) is 4.79 Å².